The fraction of sp³-hybridized carbons (Fsp3) is 0.300. The summed E-state index contributed by atoms with van der Waals surface area (Å²) >= 11 is 5.84. The van der Waals surface area contributed by atoms with Crippen LogP contribution in [0.1, 0.15) is 13.3 Å². The van der Waals surface area contributed by atoms with E-state index in [9.17, 15) is 9.00 Å². The Morgan fingerprint density at radius 1 is 1.43 bits per heavy atom. The molecule has 0 saturated carbocycles. The lowest BCUT2D eigenvalue weighted by Crippen LogP contribution is -2.09. The Kier molecular flexibility index (Phi) is 4.29. The summed E-state index contributed by atoms with van der Waals surface area (Å²) in [6, 6.07) is 6.88. The maximum Gasteiger partial charge on any atom is 0.145 e. The molecule has 0 radical (unpaired) electrons. The molecule has 0 aliphatic rings. The second-order valence-electron chi connectivity index (χ2n) is 2.81. The molecule has 0 aliphatic heterocycles. The van der Waals surface area contributed by atoms with Crippen LogP contribution < -0.4 is 0 Å². The van der Waals surface area contributed by atoms with Crippen molar-refractivity contribution in [2.24, 2.45) is 0 Å². The minimum absolute atomic E-state index is 0.0109. The Balaban J connectivity index is 2.80. The molecule has 0 spiro atoms. The summed E-state index contributed by atoms with van der Waals surface area (Å²) in [5, 5.41) is 0.453. The SMILES string of the molecule is CCC(=O)CS(=O)c1ccccc1Cl. The van der Waals surface area contributed by atoms with Gasteiger partial charge >= 0.3 is 0 Å². The van der Waals surface area contributed by atoms with Gasteiger partial charge < -0.3 is 0 Å². The van der Waals surface area contributed by atoms with E-state index in [2.05, 4.69) is 0 Å². The third-order valence-electron chi connectivity index (χ3n) is 1.77. The highest BCUT2D eigenvalue weighted by Crippen LogP contribution is 2.19. The molecule has 14 heavy (non-hydrogen) atoms. The van der Waals surface area contributed by atoms with E-state index >= 15 is 0 Å². The standard InChI is InChI=1S/C10H11ClO2S/c1-2-8(12)7-14(13)10-6-4-3-5-9(10)11/h3-6H,2,7H2,1H3. The molecular weight excluding hydrogens is 220 g/mol. The quantitative estimate of drug-likeness (QED) is 0.796. The predicted molar refractivity (Wildman–Crippen MR) is 58.0 cm³/mol. The van der Waals surface area contributed by atoms with Gasteiger partial charge in [0.25, 0.3) is 0 Å². The van der Waals surface area contributed by atoms with Crippen molar-refractivity contribution >= 4 is 28.2 Å². The van der Waals surface area contributed by atoms with Crippen molar-refractivity contribution in [1.29, 1.82) is 0 Å². The molecule has 1 rings (SSSR count). The average Bonchev–Trinajstić information content (AvgIpc) is 2.18. The summed E-state index contributed by atoms with van der Waals surface area (Å²) in [6.07, 6.45) is 0.413. The van der Waals surface area contributed by atoms with E-state index in [4.69, 9.17) is 11.6 Å². The Morgan fingerprint density at radius 2 is 2.07 bits per heavy atom. The van der Waals surface area contributed by atoms with Gasteiger partial charge in [0.1, 0.15) is 5.78 Å². The number of rotatable bonds is 4. The smallest absolute Gasteiger partial charge is 0.145 e. The Bertz CT molecular complexity index is 363. The van der Waals surface area contributed by atoms with E-state index in [1.807, 2.05) is 0 Å². The van der Waals surface area contributed by atoms with Gasteiger partial charge in [-0.15, -0.1) is 0 Å². The van der Waals surface area contributed by atoms with E-state index in [0.717, 1.165) is 0 Å². The molecule has 2 nitrogen and oxygen atoms in total. The number of ketones is 1. The second-order valence-corrected chi connectivity index (χ2v) is 4.64. The van der Waals surface area contributed by atoms with Crippen molar-refractivity contribution in [3.63, 3.8) is 0 Å². The van der Waals surface area contributed by atoms with Crippen LogP contribution in [0.3, 0.4) is 0 Å². The molecule has 4 heteroatoms. The maximum absolute atomic E-state index is 11.6. The van der Waals surface area contributed by atoms with E-state index in [1.165, 1.54) is 0 Å². The highest BCUT2D eigenvalue weighted by atomic mass is 35.5. The van der Waals surface area contributed by atoms with Crippen molar-refractivity contribution in [1.82, 2.24) is 0 Å². The molecule has 0 aromatic heterocycles. The average molecular weight is 231 g/mol. The van der Waals surface area contributed by atoms with E-state index in [0.29, 0.717) is 16.3 Å². The fourth-order valence-corrected chi connectivity index (χ4v) is 2.52. The molecule has 0 bridgehead atoms. The van der Waals surface area contributed by atoms with Gasteiger partial charge in [-0.3, -0.25) is 9.00 Å². The Labute approximate surface area is 90.7 Å². The minimum Gasteiger partial charge on any atom is -0.299 e. The lowest BCUT2D eigenvalue weighted by atomic mass is 10.3. The predicted octanol–water partition coefficient (Wildman–Crippen LogP) is 2.43. The van der Waals surface area contributed by atoms with Gasteiger partial charge in [0.05, 0.1) is 26.5 Å². The Hall–Kier alpha value is -0.670. The molecule has 1 aromatic carbocycles. The van der Waals surface area contributed by atoms with Crippen molar-refractivity contribution in [3.8, 4) is 0 Å². The summed E-state index contributed by atoms with van der Waals surface area (Å²) in [7, 11) is -1.31. The number of carbonyl (C=O) groups is 1. The molecular formula is C10H11ClO2S. The second kappa shape index (κ2) is 5.27. The highest BCUT2D eigenvalue weighted by molar-refractivity contribution is 7.85. The zero-order chi connectivity index (χ0) is 10.6. The maximum atomic E-state index is 11.6. The first-order valence-electron chi connectivity index (χ1n) is 4.29. The van der Waals surface area contributed by atoms with Crippen LogP contribution >= 0.6 is 11.6 Å². The first-order chi connectivity index (χ1) is 6.65. The number of hydrogen-bond donors (Lipinski definition) is 0. The molecule has 0 heterocycles. The summed E-state index contributed by atoms with van der Waals surface area (Å²) in [4.78, 5) is 11.6. The Morgan fingerprint density at radius 3 is 2.64 bits per heavy atom. The van der Waals surface area contributed by atoms with Crippen LogP contribution in [0, 0.1) is 0 Å². The van der Waals surface area contributed by atoms with Crippen molar-refractivity contribution in [2.75, 3.05) is 5.75 Å². The monoisotopic (exact) mass is 230 g/mol. The molecule has 1 atom stereocenters. The van der Waals surface area contributed by atoms with Crippen LogP contribution in [-0.4, -0.2) is 15.7 Å². The van der Waals surface area contributed by atoms with E-state index in [1.54, 1.807) is 31.2 Å². The third kappa shape index (κ3) is 2.93. The van der Waals surface area contributed by atoms with Crippen LogP contribution in [0.15, 0.2) is 29.2 Å². The lowest BCUT2D eigenvalue weighted by Gasteiger charge is -2.02. The van der Waals surface area contributed by atoms with Gasteiger partial charge in [0.15, 0.2) is 0 Å². The topological polar surface area (TPSA) is 34.1 Å². The molecule has 1 unspecified atom stereocenters. The number of benzene rings is 1. The molecule has 0 fully saturated rings. The summed E-state index contributed by atoms with van der Waals surface area (Å²) in [6.45, 7) is 1.76. The first kappa shape index (κ1) is 11.4. The van der Waals surface area contributed by atoms with Crippen LogP contribution in [0.2, 0.25) is 5.02 Å². The highest BCUT2D eigenvalue weighted by Gasteiger charge is 2.10. The molecule has 0 amide bonds. The zero-order valence-corrected chi connectivity index (χ0v) is 9.40. The van der Waals surface area contributed by atoms with Gasteiger partial charge in [-0.1, -0.05) is 30.7 Å². The fourth-order valence-electron chi connectivity index (χ4n) is 0.955. The van der Waals surface area contributed by atoms with Crippen LogP contribution in [0.4, 0.5) is 0 Å². The zero-order valence-electron chi connectivity index (χ0n) is 7.83. The molecule has 0 saturated heterocycles. The van der Waals surface area contributed by atoms with Gasteiger partial charge in [-0.2, -0.15) is 0 Å². The van der Waals surface area contributed by atoms with Crippen molar-refractivity contribution in [2.45, 2.75) is 18.2 Å². The number of carbonyl (C=O) groups excluding carboxylic acids is 1. The van der Waals surface area contributed by atoms with Crippen LogP contribution in [0.25, 0.3) is 0 Å². The van der Waals surface area contributed by atoms with Crippen LogP contribution in [0.5, 0.6) is 0 Å². The first-order valence-corrected chi connectivity index (χ1v) is 5.99. The minimum atomic E-state index is -1.31. The summed E-state index contributed by atoms with van der Waals surface area (Å²) in [5.41, 5.74) is 0. The lowest BCUT2D eigenvalue weighted by molar-refractivity contribution is -0.116. The van der Waals surface area contributed by atoms with E-state index in [-0.39, 0.29) is 11.5 Å². The van der Waals surface area contributed by atoms with Gasteiger partial charge in [-0.05, 0) is 12.1 Å². The number of hydrogen-bond acceptors (Lipinski definition) is 2. The normalized spacial score (nSPS) is 12.4. The molecule has 1 aromatic rings. The number of Topliss-reactive ketones (excluding diaryl/α,β-unsaturated/α-hetero) is 1. The molecule has 76 valence electrons. The molecule has 0 N–H and O–H groups in total. The third-order valence-corrected chi connectivity index (χ3v) is 3.64. The van der Waals surface area contributed by atoms with Crippen molar-refractivity contribution in [3.05, 3.63) is 29.3 Å². The summed E-state index contributed by atoms with van der Waals surface area (Å²) < 4.78 is 11.6. The van der Waals surface area contributed by atoms with Gasteiger partial charge in [0, 0.05) is 6.42 Å². The van der Waals surface area contributed by atoms with Crippen molar-refractivity contribution < 1.29 is 9.00 Å². The largest absolute Gasteiger partial charge is 0.299 e. The van der Waals surface area contributed by atoms with E-state index < -0.39 is 10.8 Å². The summed E-state index contributed by atoms with van der Waals surface area (Å²) in [5.74, 6) is 0.0449. The molecule has 0 aliphatic carbocycles. The number of halogens is 1. The van der Waals surface area contributed by atoms with Crippen LogP contribution in [-0.2, 0) is 15.6 Å². The van der Waals surface area contributed by atoms with Gasteiger partial charge in [0.2, 0.25) is 0 Å². The van der Waals surface area contributed by atoms with Gasteiger partial charge in [-0.25, -0.2) is 0 Å².